The standard InChI is InChI=1S/C25H17BrN2/c26-24-20(18-10-3-1-4-11-18)14-9-15-21(24)25-27-22-16-7-8-17-23(22)28(25)19-12-5-2-6-13-19/h1-17H. The van der Waals surface area contributed by atoms with Crippen LogP contribution in [-0.4, -0.2) is 9.55 Å². The third-order valence-corrected chi connectivity index (χ3v) is 5.75. The summed E-state index contributed by atoms with van der Waals surface area (Å²) in [5.41, 5.74) is 6.59. The monoisotopic (exact) mass is 424 g/mol. The van der Waals surface area contributed by atoms with E-state index in [2.05, 4.69) is 105 Å². The van der Waals surface area contributed by atoms with Crippen molar-refractivity contribution in [2.45, 2.75) is 0 Å². The molecule has 134 valence electrons. The molecule has 0 aliphatic carbocycles. The van der Waals surface area contributed by atoms with Gasteiger partial charge >= 0.3 is 0 Å². The Labute approximate surface area is 172 Å². The van der Waals surface area contributed by atoms with Crippen molar-refractivity contribution in [3.8, 4) is 28.2 Å². The van der Waals surface area contributed by atoms with Crippen molar-refractivity contribution in [3.63, 3.8) is 0 Å². The molecule has 0 saturated carbocycles. The van der Waals surface area contributed by atoms with Crippen LogP contribution in [0.3, 0.4) is 0 Å². The molecule has 0 bridgehead atoms. The number of hydrogen-bond donors (Lipinski definition) is 0. The number of benzene rings is 4. The summed E-state index contributed by atoms with van der Waals surface area (Å²) < 4.78 is 3.28. The molecule has 2 nitrogen and oxygen atoms in total. The number of aromatic nitrogens is 2. The Morgan fingerprint density at radius 3 is 2.04 bits per heavy atom. The van der Waals surface area contributed by atoms with Gasteiger partial charge in [0.05, 0.1) is 11.0 Å². The first kappa shape index (κ1) is 17.0. The third-order valence-electron chi connectivity index (χ3n) is 4.90. The molecule has 0 radical (unpaired) electrons. The molecule has 0 spiro atoms. The highest BCUT2D eigenvalue weighted by molar-refractivity contribution is 9.10. The van der Waals surface area contributed by atoms with E-state index in [4.69, 9.17) is 4.98 Å². The zero-order valence-corrected chi connectivity index (χ0v) is 16.7. The van der Waals surface area contributed by atoms with Gasteiger partial charge in [-0.1, -0.05) is 78.9 Å². The molecule has 0 saturated heterocycles. The van der Waals surface area contributed by atoms with Crippen LogP contribution in [0.1, 0.15) is 0 Å². The van der Waals surface area contributed by atoms with Gasteiger partial charge in [-0.25, -0.2) is 4.98 Å². The fourth-order valence-electron chi connectivity index (χ4n) is 3.59. The summed E-state index contributed by atoms with van der Waals surface area (Å²) in [5, 5.41) is 0. The summed E-state index contributed by atoms with van der Waals surface area (Å²) in [4.78, 5) is 4.99. The Hall–Kier alpha value is -3.17. The molecule has 1 aromatic heterocycles. The number of halogens is 1. The van der Waals surface area contributed by atoms with Crippen LogP contribution in [-0.2, 0) is 0 Å². The molecule has 5 rings (SSSR count). The molecule has 1 heterocycles. The average molecular weight is 425 g/mol. The van der Waals surface area contributed by atoms with E-state index in [1.807, 2.05) is 18.2 Å². The summed E-state index contributed by atoms with van der Waals surface area (Å²) in [7, 11) is 0. The van der Waals surface area contributed by atoms with Crippen LogP contribution in [0.4, 0.5) is 0 Å². The molecule has 0 unspecified atom stereocenters. The Kier molecular flexibility index (Phi) is 4.30. The first-order valence-electron chi connectivity index (χ1n) is 9.20. The Balaban J connectivity index is 1.80. The lowest BCUT2D eigenvalue weighted by atomic mass is 10.0. The predicted octanol–water partition coefficient (Wildman–Crippen LogP) is 7.12. The summed E-state index contributed by atoms with van der Waals surface area (Å²) >= 11 is 3.87. The summed E-state index contributed by atoms with van der Waals surface area (Å²) in [6.07, 6.45) is 0. The van der Waals surface area contributed by atoms with E-state index in [0.717, 1.165) is 38.1 Å². The van der Waals surface area contributed by atoms with Crippen molar-refractivity contribution in [1.82, 2.24) is 9.55 Å². The maximum atomic E-state index is 4.99. The Morgan fingerprint density at radius 1 is 0.607 bits per heavy atom. The second-order valence-electron chi connectivity index (χ2n) is 6.63. The second kappa shape index (κ2) is 7.10. The van der Waals surface area contributed by atoms with Crippen molar-refractivity contribution < 1.29 is 0 Å². The number of nitrogens with zero attached hydrogens (tertiary/aromatic N) is 2. The molecule has 5 aromatic rings. The lowest BCUT2D eigenvalue weighted by Gasteiger charge is -2.13. The van der Waals surface area contributed by atoms with E-state index in [0.29, 0.717) is 0 Å². The molecule has 0 fully saturated rings. The van der Waals surface area contributed by atoms with Crippen LogP contribution in [0, 0.1) is 0 Å². The van der Waals surface area contributed by atoms with Gasteiger partial charge in [0, 0.05) is 15.7 Å². The number of imidazole rings is 1. The maximum absolute atomic E-state index is 4.99. The van der Waals surface area contributed by atoms with Crippen LogP contribution in [0.15, 0.2) is 108 Å². The van der Waals surface area contributed by atoms with Gasteiger partial charge in [0.15, 0.2) is 0 Å². The second-order valence-corrected chi connectivity index (χ2v) is 7.42. The van der Waals surface area contributed by atoms with Crippen molar-refractivity contribution in [2.75, 3.05) is 0 Å². The number of fused-ring (bicyclic) bond motifs is 1. The quantitative estimate of drug-likeness (QED) is 0.301. The largest absolute Gasteiger partial charge is 0.292 e. The van der Waals surface area contributed by atoms with Crippen LogP contribution in [0.25, 0.3) is 39.2 Å². The maximum Gasteiger partial charge on any atom is 0.146 e. The van der Waals surface area contributed by atoms with Gasteiger partial charge < -0.3 is 0 Å². The molecule has 0 amide bonds. The zero-order chi connectivity index (χ0) is 18.9. The van der Waals surface area contributed by atoms with E-state index in [9.17, 15) is 0 Å². The smallest absolute Gasteiger partial charge is 0.146 e. The van der Waals surface area contributed by atoms with Gasteiger partial charge in [-0.2, -0.15) is 0 Å². The highest BCUT2D eigenvalue weighted by Gasteiger charge is 2.18. The first-order chi connectivity index (χ1) is 13.8. The van der Waals surface area contributed by atoms with E-state index in [1.54, 1.807) is 0 Å². The Bertz CT molecular complexity index is 1260. The van der Waals surface area contributed by atoms with Crippen LogP contribution < -0.4 is 0 Å². The average Bonchev–Trinajstić information content (AvgIpc) is 3.14. The summed E-state index contributed by atoms with van der Waals surface area (Å²) in [6.45, 7) is 0. The normalized spacial score (nSPS) is 11.0. The molecule has 0 N–H and O–H groups in total. The van der Waals surface area contributed by atoms with Crippen molar-refractivity contribution in [2.24, 2.45) is 0 Å². The summed E-state index contributed by atoms with van der Waals surface area (Å²) in [5.74, 6) is 0.928. The molecule has 0 atom stereocenters. The van der Waals surface area contributed by atoms with Gasteiger partial charge in [-0.15, -0.1) is 0 Å². The minimum absolute atomic E-state index is 0.928. The Morgan fingerprint density at radius 2 is 1.25 bits per heavy atom. The van der Waals surface area contributed by atoms with E-state index in [1.165, 1.54) is 5.56 Å². The van der Waals surface area contributed by atoms with Crippen molar-refractivity contribution >= 4 is 27.0 Å². The van der Waals surface area contributed by atoms with Gasteiger partial charge in [0.25, 0.3) is 0 Å². The summed E-state index contributed by atoms with van der Waals surface area (Å²) in [6, 6.07) is 35.4. The van der Waals surface area contributed by atoms with Gasteiger partial charge in [-0.3, -0.25) is 4.57 Å². The van der Waals surface area contributed by atoms with Crippen LogP contribution in [0.5, 0.6) is 0 Å². The minimum atomic E-state index is 0.928. The lowest BCUT2D eigenvalue weighted by Crippen LogP contribution is -1.98. The lowest BCUT2D eigenvalue weighted by molar-refractivity contribution is 1.10. The van der Waals surface area contributed by atoms with E-state index in [-0.39, 0.29) is 0 Å². The molecule has 0 aliphatic rings. The highest BCUT2D eigenvalue weighted by atomic mass is 79.9. The molecular formula is C25H17BrN2. The van der Waals surface area contributed by atoms with Crippen LogP contribution in [0.2, 0.25) is 0 Å². The number of para-hydroxylation sites is 3. The van der Waals surface area contributed by atoms with Crippen molar-refractivity contribution in [1.29, 1.82) is 0 Å². The topological polar surface area (TPSA) is 17.8 Å². The fourth-order valence-corrected chi connectivity index (χ4v) is 4.26. The molecule has 28 heavy (non-hydrogen) atoms. The van der Waals surface area contributed by atoms with Gasteiger partial charge in [0.2, 0.25) is 0 Å². The van der Waals surface area contributed by atoms with Gasteiger partial charge in [0.1, 0.15) is 5.82 Å². The van der Waals surface area contributed by atoms with E-state index >= 15 is 0 Å². The molecule has 3 heteroatoms. The van der Waals surface area contributed by atoms with Crippen LogP contribution >= 0.6 is 15.9 Å². The van der Waals surface area contributed by atoms with Gasteiger partial charge in [-0.05, 0) is 51.3 Å². The molecular weight excluding hydrogens is 408 g/mol. The minimum Gasteiger partial charge on any atom is -0.292 e. The molecule has 4 aromatic carbocycles. The first-order valence-corrected chi connectivity index (χ1v) is 9.99. The predicted molar refractivity (Wildman–Crippen MR) is 120 cm³/mol. The number of rotatable bonds is 3. The van der Waals surface area contributed by atoms with E-state index < -0.39 is 0 Å². The van der Waals surface area contributed by atoms with Crippen molar-refractivity contribution in [3.05, 3.63) is 108 Å². The third kappa shape index (κ3) is 2.85. The fraction of sp³-hybridized carbons (Fsp3) is 0. The molecule has 0 aliphatic heterocycles. The SMILES string of the molecule is Brc1c(-c2ccccc2)cccc1-c1nc2ccccc2n1-c1ccccc1. The highest BCUT2D eigenvalue weighted by Crippen LogP contribution is 2.38. The zero-order valence-electron chi connectivity index (χ0n) is 15.1. The number of hydrogen-bond acceptors (Lipinski definition) is 1.